The summed E-state index contributed by atoms with van der Waals surface area (Å²) in [5.41, 5.74) is 1.49. The molecule has 1 saturated heterocycles. The molecule has 3 rings (SSSR count). The van der Waals surface area contributed by atoms with Crippen molar-refractivity contribution in [3.05, 3.63) is 47.7 Å². The summed E-state index contributed by atoms with van der Waals surface area (Å²) in [6, 6.07) is 9.26. The molecule has 20 heavy (non-hydrogen) atoms. The van der Waals surface area contributed by atoms with Crippen LogP contribution in [0.25, 0.3) is 0 Å². The van der Waals surface area contributed by atoms with Crippen LogP contribution in [0.4, 0.5) is 0 Å². The Balaban J connectivity index is 1.64. The Labute approximate surface area is 115 Å². The number of ether oxygens (including phenoxy) is 1. The number of fused-ring (bicyclic) bond motifs is 1. The minimum Gasteiger partial charge on any atom is -0.460 e. The van der Waals surface area contributed by atoms with E-state index in [2.05, 4.69) is 0 Å². The number of nitrogens with zero attached hydrogens (tertiary/aromatic N) is 1. The Kier molecular flexibility index (Phi) is 3.10. The maximum atomic E-state index is 12.0. The zero-order valence-electron chi connectivity index (χ0n) is 10.7. The minimum atomic E-state index is -0.880. The first-order chi connectivity index (χ1) is 9.66. The van der Waals surface area contributed by atoms with Crippen LogP contribution in [0.15, 0.2) is 42.1 Å². The maximum absolute atomic E-state index is 12.0. The summed E-state index contributed by atoms with van der Waals surface area (Å²) in [7, 11) is 0. The summed E-state index contributed by atoms with van der Waals surface area (Å²) in [5, 5.41) is 0. The fraction of sp³-hybridized carbons (Fsp3) is 0.267. The van der Waals surface area contributed by atoms with E-state index in [1.54, 1.807) is 6.08 Å². The molecular weight excluding hydrogens is 258 g/mol. The standard InChI is InChI=1S/C15H13NO4/c17-13-7-6-11-8-12(14(18)16(11)13)15(19)20-9-10-4-2-1-3-5-10/h1-6,12H,7-9H2. The van der Waals surface area contributed by atoms with Gasteiger partial charge in [0.1, 0.15) is 12.5 Å². The zero-order chi connectivity index (χ0) is 14.1. The first-order valence-corrected chi connectivity index (χ1v) is 6.43. The third kappa shape index (κ3) is 2.11. The van der Waals surface area contributed by atoms with Crippen LogP contribution in [0.1, 0.15) is 18.4 Å². The van der Waals surface area contributed by atoms with E-state index in [4.69, 9.17) is 4.74 Å². The second kappa shape index (κ2) is 4.92. The highest BCUT2D eigenvalue weighted by molar-refractivity contribution is 6.10. The lowest BCUT2D eigenvalue weighted by Gasteiger charge is -2.11. The molecule has 1 atom stereocenters. The molecule has 5 heteroatoms. The number of hydrogen-bond acceptors (Lipinski definition) is 4. The second-order valence-corrected chi connectivity index (χ2v) is 4.82. The summed E-state index contributed by atoms with van der Waals surface area (Å²) in [5.74, 6) is -2.17. The van der Waals surface area contributed by atoms with Crippen molar-refractivity contribution in [3.8, 4) is 0 Å². The molecule has 0 radical (unpaired) electrons. The van der Waals surface area contributed by atoms with E-state index < -0.39 is 17.8 Å². The van der Waals surface area contributed by atoms with Gasteiger partial charge in [-0.05, 0) is 5.56 Å². The first kappa shape index (κ1) is 12.6. The summed E-state index contributed by atoms with van der Waals surface area (Å²) in [6.45, 7) is 0.135. The fourth-order valence-corrected chi connectivity index (χ4v) is 2.45. The van der Waals surface area contributed by atoms with Crippen molar-refractivity contribution in [3.63, 3.8) is 0 Å². The number of carbonyl (C=O) groups excluding carboxylic acids is 3. The molecule has 0 saturated carbocycles. The molecule has 0 N–H and O–H groups in total. The van der Waals surface area contributed by atoms with Gasteiger partial charge < -0.3 is 4.74 Å². The van der Waals surface area contributed by atoms with E-state index in [0.29, 0.717) is 5.70 Å². The fourth-order valence-electron chi connectivity index (χ4n) is 2.45. The van der Waals surface area contributed by atoms with Crippen LogP contribution in [0.2, 0.25) is 0 Å². The van der Waals surface area contributed by atoms with Crippen molar-refractivity contribution < 1.29 is 19.1 Å². The normalized spacial score (nSPS) is 20.9. The van der Waals surface area contributed by atoms with Gasteiger partial charge in [0.05, 0.1) is 0 Å². The van der Waals surface area contributed by atoms with Crippen LogP contribution in [-0.2, 0) is 25.7 Å². The average molecular weight is 271 g/mol. The number of benzene rings is 1. The van der Waals surface area contributed by atoms with Crippen molar-refractivity contribution in [2.45, 2.75) is 19.4 Å². The molecular formula is C15H13NO4. The third-order valence-electron chi connectivity index (χ3n) is 3.49. The Morgan fingerprint density at radius 3 is 2.70 bits per heavy atom. The summed E-state index contributed by atoms with van der Waals surface area (Å²) < 4.78 is 5.16. The Hall–Kier alpha value is -2.43. The van der Waals surface area contributed by atoms with Gasteiger partial charge in [0, 0.05) is 18.5 Å². The molecule has 0 spiro atoms. The van der Waals surface area contributed by atoms with Gasteiger partial charge in [0.15, 0.2) is 0 Å². The van der Waals surface area contributed by atoms with Crippen LogP contribution in [-0.4, -0.2) is 22.7 Å². The number of esters is 1. The quantitative estimate of drug-likeness (QED) is 0.473. The third-order valence-corrected chi connectivity index (χ3v) is 3.49. The van der Waals surface area contributed by atoms with E-state index in [1.165, 1.54) is 0 Å². The largest absolute Gasteiger partial charge is 0.460 e. The van der Waals surface area contributed by atoms with Gasteiger partial charge >= 0.3 is 5.97 Å². The van der Waals surface area contributed by atoms with E-state index >= 15 is 0 Å². The summed E-state index contributed by atoms with van der Waals surface area (Å²) >= 11 is 0. The lowest BCUT2D eigenvalue weighted by molar-refractivity contribution is -0.154. The number of amides is 2. The number of carbonyl (C=O) groups is 3. The molecule has 1 aromatic carbocycles. The zero-order valence-corrected chi connectivity index (χ0v) is 10.7. The monoisotopic (exact) mass is 271 g/mol. The van der Waals surface area contributed by atoms with Gasteiger partial charge in [-0.3, -0.25) is 19.3 Å². The molecule has 1 unspecified atom stereocenters. The van der Waals surface area contributed by atoms with E-state index in [0.717, 1.165) is 10.5 Å². The van der Waals surface area contributed by atoms with Crippen LogP contribution in [0.5, 0.6) is 0 Å². The number of imide groups is 1. The number of hydrogen-bond donors (Lipinski definition) is 0. The summed E-state index contributed by atoms with van der Waals surface area (Å²) in [6.07, 6.45) is 2.20. The first-order valence-electron chi connectivity index (χ1n) is 6.43. The molecule has 2 amide bonds. The topological polar surface area (TPSA) is 63.7 Å². The Morgan fingerprint density at radius 2 is 2.00 bits per heavy atom. The molecule has 0 aromatic heterocycles. The molecule has 2 heterocycles. The molecule has 102 valence electrons. The average Bonchev–Trinajstić information content (AvgIpc) is 2.99. The SMILES string of the molecule is O=C(OCc1ccccc1)C1CC2=CCC(=O)N2C1=O. The lowest BCUT2D eigenvalue weighted by Crippen LogP contribution is -2.32. The van der Waals surface area contributed by atoms with Crippen molar-refractivity contribution in [2.75, 3.05) is 0 Å². The highest BCUT2D eigenvalue weighted by Crippen LogP contribution is 2.33. The molecule has 5 nitrogen and oxygen atoms in total. The molecule has 2 aliphatic rings. The second-order valence-electron chi connectivity index (χ2n) is 4.82. The van der Waals surface area contributed by atoms with E-state index in [-0.39, 0.29) is 25.4 Å². The van der Waals surface area contributed by atoms with Gasteiger partial charge in [-0.1, -0.05) is 36.4 Å². The molecule has 2 aliphatic heterocycles. The Bertz CT molecular complexity index is 606. The predicted molar refractivity (Wildman–Crippen MR) is 68.9 cm³/mol. The minimum absolute atomic E-state index is 0.135. The van der Waals surface area contributed by atoms with Gasteiger partial charge in [-0.15, -0.1) is 0 Å². The van der Waals surface area contributed by atoms with Crippen molar-refractivity contribution in [1.29, 1.82) is 0 Å². The van der Waals surface area contributed by atoms with Crippen molar-refractivity contribution >= 4 is 17.8 Å². The molecule has 1 aromatic rings. The molecule has 1 fully saturated rings. The van der Waals surface area contributed by atoms with E-state index in [9.17, 15) is 14.4 Å². The highest BCUT2D eigenvalue weighted by Gasteiger charge is 2.46. The van der Waals surface area contributed by atoms with E-state index in [1.807, 2.05) is 30.3 Å². The number of allylic oxidation sites excluding steroid dienone is 1. The highest BCUT2D eigenvalue weighted by atomic mass is 16.5. The van der Waals surface area contributed by atoms with Crippen LogP contribution in [0, 0.1) is 5.92 Å². The molecule has 0 aliphatic carbocycles. The van der Waals surface area contributed by atoms with Gasteiger partial charge in [0.2, 0.25) is 11.8 Å². The maximum Gasteiger partial charge on any atom is 0.319 e. The van der Waals surface area contributed by atoms with Crippen LogP contribution >= 0.6 is 0 Å². The van der Waals surface area contributed by atoms with Gasteiger partial charge in [-0.25, -0.2) is 0 Å². The van der Waals surface area contributed by atoms with Crippen molar-refractivity contribution in [1.82, 2.24) is 4.90 Å². The van der Waals surface area contributed by atoms with Crippen molar-refractivity contribution in [2.24, 2.45) is 5.92 Å². The Morgan fingerprint density at radius 1 is 1.25 bits per heavy atom. The summed E-state index contributed by atoms with van der Waals surface area (Å²) in [4.78, 5) is 36.6. The predicted octanol–water partition coefficient (Wildman–Crippen LogP) is 1.39. The van der Waals surface area contributed by atoms with Gasteiger partial charge in [0.25, 0.3) is 0 Å². The lowest BCUT2D eigenvalue weighted by atomic mass is 10.1. The smallest absolute Gasteiger partial charge is 0.319 e. The van der Waals surface area contributed by atoms with Gasteiger partial charge in [-0.2, -0.15) is 0 Å². The van der Waals surface area contributed by atoms with Crippen LogP contribution < -0.4 is 0 Å². The number of rotatable bonds is 3. The molecule has 0 bridgehead atoms. The van der Waals surface area contributed by atoms with Crippen LogP contribution in [0.3, 0.4) is 0 Å².